The number of hydrogen-bond acceptors (Lipinski definition) is 7. The van der Waals surface area contributed by atoms with Crippen LogP contribution in [0.25, 0.3) is 0 Å². The molecule has 0 bridgehead atoms. The van der Waals surface area contributed by atoms with Gasteiger partial charge in [-0.05, 0) is 26.7 Å². The maximum atomic E-state index is 12.5. The van der Waals surface area contributed by atoms with Crippen LogP contribution in [0.15, 0.2) is 12.4 Å². The van der Waals surface area contributed by atoms with E-state index >= 15 is 0 Å². The monoisotopic (exact) mass is 396 g/mol. The van der Waals surface area contributed by atoms with Crippen molar-refractivity contribution in [1.29, 1.82) is 0 Å². The Labute approximate surface area is 171 Å². The third kappa shape index (κ3) is 3.69. The van der Waals surface area contributed by atoms with Gasteiger partial charge in [0.1, 0.15) is 23.8 Å². The van der Waals surface area contributed by atoms with Gasteiger partial charge >= 0.3 is 0 Å². The molecule has 8 nitrogen and oxygen atoms in total. The molecule has 2 aromatic heterocycles. The molecule has 0 aliphatic carbocycles. The summed E-state index contributed by atoms with van der Waals surface area (Å²) >= 11 is 0. The zero-order valence-corrected chi connectivity index (χ0v) is 17.6. The molecule has 29 heavy (non-hydrogen) atoms. The van der Waals surface area contributed by atoms with Gasteiger partial charge in [-0.2, -0.15) is 0 Å². The van der Waals surface area contributed by atoms with E-state index < -0.39 is 0 Å². The third-order valence-electron chi connectivity index (χ3n) is 5.95. The normalized spacial score (nSPS) is 21.6. The topological polar surface area (TPSA) is 84.3 Å². The minimum atomic E-state index is -0.213. The van der Waals surface area contributed by atoms with Crippen LogP contribution in [0.4, 0.5) is 11.6 Å². The van der Waals surface area contributed by atoms with Crippen molar-refractivity contribution in [3.05, 3.63) is 35.2 Å². The Morgan fingerprint density at radius 1 is 1.24 bits per heavy atom. The Hall–Kier alpha value is -2.61. The molecule has 2 aliphatic rings. The number of piperidine rings is 1. The van der Waals surface area contributed by atoms with Crippen LogP contribution in [0.5, 0.6) is 0 Å². The lowest BCUT2D eigenvalue weighted by Gasteiger charge is -2.40. The van der Waals surface area contributed by atoms with Crippen molar-refractivity contribution in [1.82, 2.24) is 19.9 Å². The second kappa shape index (κ2) is 7.67. The van der Waals surface area contributed by atoms with Gasteiger partial charge in [0.2, 0.25) is 5.91 Å². The first-order valence-electron chi connectivity index (χ1n) is 10.1. The number of ether oxygens (including phenoxy) is 1. The van der Waals surface area contributed by atoms with Crippen LogP contribution in [-0.4, -0.2) is 59.2 Å². The van der Waals surface area contributed by atoms with Crippen LogP contribution >= 0.6 is 0 Å². The van der Waals surface area contributed by atoms with Gasteiger partial charge in [-0.25, -0.2) is 19.9 Å². The number of carbonyl (C=O) groups is 1. The van der Waals surface area contributed by atoms with E-state index in [0.717, 1.165) is 60.3 Å². The number of rotatable bonds is 5. The van der Waals surface area contributed by atoms with Crippen LogP contribution in [0.3, 0.4) is 0 Å². The fourth-order valence-electron chi connectivity index (χ4n) is 4.29. The summed E-state index contributed by atoms with van der Waals surface area (Å²) in [6.45, 7) is 8.91. The fraction of sp³-hybridized carbons (Fsp3) is 0.571. The molecule has 0 aromatic carbocycles. The molecule has 4 heterocycles. The van der Waals surface area contributed by atoms with Crippen LogP contribution in [-0.2, 0) is 21.4 Å². The molecule has 2 aromatic rings. The molecule has 8 heteroatoms. The summed E-state index contributed by atoms with van der Waals surface area (Å²) in [6.07, 6.45) is 4.02. The van der Waals surface area contributed by atoms with Crippen molar-refractivity contribution in [3.8, 4) is 0 Å². The van der Waals surface area contributed by atoms with Crippen molar-refractivity contribution in [2.45, 2.75) is 45.4 Å². The smallest absolute Gasteiger partial charge is 0.232 e. The molecule has 0 radical (unpaired) electrons. The summed E-state index contributed by atoms with van der Waals surface area (Å²) in [5.74, 6) is 2.57. The molecule has 4 rings (SSSR count). The summed E-state index contributed by atoms with van der Waals surface area (Å²) in [5, 5.41) is 0. The summed E-state index contributed by atoms with van der Waals surface area (Å²) in [5.41, 5.74) is 2.58. The van der Waals surface area contributed by atoms with Gasteiger partial charge in [-0.15, -0.1) is 0 Å². The van der Waals surface area contributed by atoms with Crippen LogP contribution in [0.1, 0.15) is 42.5 Å². The molecule has 1 unspecified atom stereocenters. The average molecular weight is 396 g/mol. The highest BCUT2D eigenvalue weighted by molar-refractivity contribution is 6.00. The van der Waals surface area contributed by atoms with Crippen molar-refractivity contribution in [2.24, 2.45) is 0 Å². The fourth-order valence-corrected chi connectivity index (χ4v) is 4.29. The van der Waals surface area contributed by atoms with E-state index in [4.69, 9.17) is 14.7 Å². The van der Waals surface area contributed by atoms with Gasteiger partial charge in [0, 0.05) is 48.6 Å². The second-order valence-electron chi connectivity index (χ2n) is 8.25. The van der Waals surface area contributed by atoms with Crippen molar-refractivity contribution >= 4 is 17.5 Å². The maximum absolute atomic E-state index is 12.5. The van der Waals surface area contributed by atoms with E-state index in [-0.39, 0.29) is 11.3 Å². The first-order valence-corrected chi connectivity index (χ1v) is 10.1. The standard InChI is InChI=1S/C21H28N6O2/c1-14-10-17(23-13-22-14)26-7-5-6-21(3,12-26)20-24-15(2)16-11-18(28)27(8-9-29-4)19(16)25-20/h10,13H,5-9,11-12H2,1-4H3. The van der Waals surface area contributed by atoms with Crippen molar-refractivity contribution < 1.29 is 9.53 Å². The molecule has 1 fully saturated rings. The molecule has 2 aliphatic heterocycles. The number of anilines is 2. The number of hydrogen-bond donors (Lipinski definition) is 0. The van der Waals surface area contributed by atoms with E-state index in [2.05, 4.69) is 21.8 Å². The molecule has 1 amide bonds. The molecule has 1 saturated heterocycles. The van der Waals surface area contributed by atoms with Crippen LogP contribution < -0.4 is 9.80 Å². The summed E-state index contributed by atoms with van der Waals surface area (Å²) in [6, 6.07) is 2.02. The van der Waals surface area contributed by atoms with E-state index in [1.165, 1.54) is 0 Å². The first-order chi connectivity index (χ1) is 13.9. The molecule has 1 atom stereocenters. The largest absolute Gasteiger partial charge is 0.383 e. The molecular weight excluding hydrogens is 368 g/mol. The molecular formula is C21H28N6O2. The number of aromatic nitrogens is 4. The van der Waals surface area contributed by atoms with Crippen molar-refractivity contribution in [2.75, 3.05) is 43.2 Å². The predicted molar refractivity (Wildman–Crippen MR) is 110 cm³/mol. The third-order valence-corrected chi connectivity index (χ3v) is 5.95. The van der Waals surface area contributed by atoms with Gasteiger partial charge in [-0.1, -0.05) is 6.92 Å². The number of methoxy groups -OCH3 is 1. The Bertz CT molecular complexity index is 933. The Balaban J connectivity index is 1.66. The highest BCUT2D eigenvalue weighted by Crippen LogP contribution is 2.37. The maximum Gasteiger partial charge on any atom is 0.232 e. The molecule has 0 saturated carbocycles. The number of aryl methyl sites for hydroxylation is 2. The molecule has 154 valence electrons. The lowest BCUT2D eigenvalue weighted by Crippen LogP contribution is -2.46. The van der Waals surface area contributed by atoms with E-state index in [0.29, 0.717) is 19.6 Å². The van der Waals surface area contributed by atoms with Gasteiger partial charge in [0.05, 0.1) is 19.6 Å². The van der Waals surface area contributed by atoms with Crippen molar-refractivity contribution in [3.63, 3.8) is 0 Å². The van der Waals surface area contributed by atoms with E-state index in [1.807, 2.05) is 19.9 Å². The minimum Gasteiger partial charge on any atom is -0.383 e. The zero-order chi connectivity index (χ0) is 20.6. The van der Waals surface area contributed by atoms with E-state index in [9.17, 15) is 4.79 Å². The first kappa shape index (κ1) is 19.7. The molecule has 0 spiro atoms. The number of amides is 1. The van der Waals surface area contributed by atoms with Gasteiger partial charge in [-0.3, -0.25) is 9.69 Å². The Morgan fingerprint density at radius 3 is 2.83 bits per heavy atom. The second-order valence-corrected chi connectivity index (χ2v) is 8.25. The van der Waals surface area contributed by atoms with Crippen LogP contribution in [0.2, 0.25) is 0 Å². The SMILES string of the molecule is COCCN1C(=O)Cc2c(C)nc(C3(C)CCCN(c4cc(C)ncn4)C3)nc21. The molecule has 0 N–H and O–H groups in total. The van der Waals surface area contributed by atoms with Gasteiger partial charge in [0.25, 0.3) is 0 Å². The highest BCUT2D eigenvalue weighted by Gasteiger charge is 2.39. The lowest BCUT2D eigenvalue weighted by molar-refractivity contribution is -0.117. The predicted octanol–water partition coefficient (Wildman–Crippen LogP) is 1.98. The zero-order valence-electron chi connectivity index (χ0n) is 17.6. The van der Waals surface area contributed by atoms with Gasteiger partial charge < -0.3 is 9.64 Å². The van der Waals surface area contributed by atoms with Crippen LogP contribution in [0, 0.1) is 13.8 Å². The Morgan fingerprint density at radius 2 is 2.07 bits per heavy atom. The minimum absolute atomic E-state index is 0.0680. The van der Waals surface area contributed by atoms with Gasteiger partial charge in [0.15, 0.2) is 0 Å². The summed E-state index contributed by atoms with van der Waals surface area (Å²) < 4.78 is 5.18. The summed E-state index contributed by atoms with van der Waals surface area (Å²) in [7, 11) is 1.64. The lowest BCUT2D eigenvalue weighted by atomic mass is 9.80. The average Bonchev–Trinajstić information content (AvgIpc) is 3.02. The number of carbonyl (C=O) groups excluding carboxylic acids is 1. The quantitative estimate of drug-likeness (QED) is 0.764. The Kier molecular flexibility index (Phi) is 5.21. The van der Waals surface area contributed by atoms with E-state index in [1.54, 1.807) is 18.3 Å². The number of fused-ring (bicyclic) bond motifs is 1. The number of nitrogens with zero attached hydrogens (tertiary/aromatic N) is 6. The summed E-state index contributed by atoms with van der Waals surface area (Å²) in [4.78, 5) is 35.0. The highest BCUT2D eigenvalue weighted by atomic mass is 16.5.